The standard InChI is InChI=1S/C22H46N4O3/c1-3-5-23-7-9-25-13-19-28-21-15-26(16-22-29-20-14-25)10-8-24(6-4-2)12-18-27-17-11-23/h3-22H2,1-2H3. The zero-order valence-electron chi connectivity index (χ0n) is 19.2. The summed E-state index contributed by atoms with van der Waals surface area (Å²) >= 11 is 0. The molecule has 7 nitrogen and oxygen atoms in total. The Bertz CT molecular complexity index is 343. The number of nitrogens with zero attached hydrogens (tertiary/aromatic N) is 4. The lowest BCUT2D eigenvalue weighted by molar-refractivity contribution is 0.0274. The lowest BCUT2D eigenvalue weighted by Crippen LogP contribution is -2.43. The Morgan fingerprint density at radius 1 is 0.448 bits per heavy atom. The highest BCUT2D eigenvalue weighted by Crippen LogP contribution is 2.01. The molecule has 0 N–H and O–H groups in total. The van der Waals surface area contributed by atoms with Crippen molar-refractivity contribution in [1.82, 2.24) is 19.6 Å². The van der Waals surface area contributed by atoms with Crippen molar-refractivity contribution in [1.29, 1.82) is 0 Å². The number of hydrogen-bond acceptors (Lipinski definition) is 7. The predicted octanol–water partition coefficient (Wildman–Crippen LogP) is 1.09. The summed E-state index contributed by atoms with van der Waals surface area (Å²) in [5.41, 5.74) is 0. The molecule has 0 unspecified atom stereocenters. The Balaban J connectivity index is 1.98. The van der Waals surface area contributed by atoms with Crippen LogP contribution < -0.4 is 0 Å². The smallest absolute Gasteiger partial charge is 0.0594 e. The van der Waals surface area contributed by atoms with Gasteiger partial charge in [-0.05, 0) is 25.9 Å². The van der Waals surface area contributed by atoms with Gasteiger partial charge in [0.2, 0.25) is 0 Å². The second-order valence-electron chi connectivity index (χ2n) is 8.20. The quantitative estimate of drug-likeness (QED) is 0.638. The van der Waals surface area contributed by atoms with Crippen LogP contribution >= 0.6 is 0 Å². The molecule has 3 heterocycles. The lowest BCUT2D eigenvalue weighted by atomic mass is 10.3. The van der Waals surface area contributed by atoms with Gasteiger partial charge in [-0.3, -0.25) is 19.6 Å². The van der Waals surface area contributed by atoms with E-state index in [0.717, 1.165) is 118 Å². The van der Waals surface area contributed by atoms with E-state index >= 15 is 0 Å². The van der Waals surface area contributed by atoms with Gasteiger partial charge in [-0.25, -0.2) is 0 Å². The van der Waals surface area contributed by atoms with Crippen molar-refractivity contribution in [3.8, 4) is 0 Å². The fraction of sp³-hybridized carbons (Fsp3) is 1.00. The van der Waals surface area contributed by atoms with Crippen LogP contribution in [0.4, 0.5) is 0 Å². The summed E-state index contributed by atoms with van der Waals surface area (Å²) in [6.07, 6.45) is 2.38. The zero-order valence-corrected chi connectivity index (χ0v) is 19.2. The molecular formula is C22H46N4O3. The third kappa shape index (κ3) is 11.6. The number of hydrogen-bond donors (Lipinski definition) is 0. The van der Waals surface area contributed by atoms with Gasteiger partial charge in [0, 0.05) is 65.4 Å². The first kappa shape index (κ1) is 25.0. The molecule has 3 saturated heterocycles. The summed E-state index contributed by atoms with van der Waals surface area (Å²) in [7, 11) is 0. The van der Waals surface area contributed by atoms with E-state index in [2.05, 4.69) is 33.4 Å². The largest absolute Gasteiger partial charge is 0.379 e. The molecule has 7 heteroatoms. The molecule has 0 aliphatic carbocycles. The van der Waals surface area contributed by atoms with Gasteiger partial charge in [-0.2, -0.15) is 0 Å². The molecule has 172 valence electrons. The first-order valence-corrected chi connectivity index (χ1v) is 11.9. The molecule has 0 aromatic rings. The van der Waals surface area contributed by atoms with Gasteiger partial charge in [-0.1, -0.05) is 13.8 Å². The van der Waals surface area contributed by atoms with E-state index in [4.69, 9.17) is 14.2 Å². The third-order valence-electron chi connectivity index (χ3n) is 5.86. The van der Waals surface area contributed by atoms with Crippen molar-refractivity contribution in [2.75, 3.05) is 118 Å². The molecule has 0 aromatic heterocycles. The Morgan fingerprint density at radius 3 is 1.14 bits per heavy atom. The third-order valence-corrected chi connectivity index (χ3v) is 5.86. The minimum Gasteiger partial charge on any atom is -0.379 e. The number of fused-ring (bicyclic) bond motifs is 18. The van der Waals surface area contributed by atoms with E-state index in [1.54, 1.807) is 0 Å². The maximum atomic E-state index is 6.02. The molecule has 0 atom stereocenters. The molecule has 3 aliphatic heterocycles. The van der Waals surface area contributed by atoms with E-state index < -0.39 is 0 Å². The monoisotopic (exact) mass is 414 g/mol. The topological polar surface area (TPSA) is 40.7 Å². The molecule has 3 fully saturated rings. The number of rotatable bonds is 4. The molecule has 3 aliphatic rings. The SMILES string of the molecule is CCCN1CCOCCN(CCC)CCN2CCOCCN(CCOCC2)CC1. The van der Waals surface area contributed by atoms with Crippen molar-refractivity contribution in [2.45, 2.75) is 26.7 Å². The van der Waals surface area contributed by atoms with Crippen molar-refractivity contribution >= 4 is 0 Å². The molecule has 0 spiro atoms. The molecule has 0 saturated carbocycles. The van der Waals surface area contributed by atoms with E-state index in [1.807, 2.05) is 0 Å². The Hall–Kier alpha value is -0.280. The maximum absolute atomic E-state index is 6.02. The van der Waals surface area contributed by atoms with Crippen molar-refractivity contribution in [2.24, 2.45) is 0 Å². The van der Waals surface area contributed by atoms with Crippen LogP contribution in [0.25, 0.3) is 0 Å². The van der Waals surface area contributed by atoms with Crippen LogP contribution in [-0.4, -0.2) is 138 Å². The Morgan fingerprint density at radius 2 is 0.793 bits per heavy atom. The highest BCUT2D eigenvalue weighted by molar-refractivity contribution is 4.67. The first-order chi connectivity index (χ1) is 14.3. The van der Waals surface area contributed by atoms with Gasteiger partial charge in [0.25, 0.3) is 0 Å². The second-order valence-corrected chi connectivity index (χ2v) is 8.20. The predicted molar refractivity (Wildman–Crippen MR) is 119 cm³/mol. The summed E-state index contributed by atoms with van der Waals surface area (Å²) in [4.78, 5) is 10.1. The molecular weight excluding hydrogens is 368 g/mol. The number of ether oxygens (including phenoxy) is 3. The van der Waals surface area contributed by atoms with E-state index in [-0.39, 0.29) is 0 Å². The first-order valence-electron chi connectivity index (χ1n) is 11.9. The summed E-state index contributed by atoms with van der Waals surface area (Å²) in [6, 6.07) is 0. The van der Waals surface area contributed by atoms with E-state index in [1.165, 1.54) is 12.8 Å². The summed E-state index contributed by atoms with van der Waals surface area (Å²) in [6.45, 7) is 22.0. The van der Waals surface area contributed by atoms with Crippen LogP contribution in [0.5, 0.6) is 0 Å². The van der Waals surface area contributed by atoms with Crippen molar-refractivity contribution < 1.29 is 14.2 Å². The zero-order chi connectivity index (χ0) is 20.6. The van der Waals surface area contributed by atoms with E-state index in [9.17, 15) is 0 Å². The fourth-order valence-electron chi connectivity index (χ4n) is 4.01. The average molecular weight is 415 g/mol. The molecule has 3 rings (SSSR count). The molecule has 0 radical (unpaired) electrons. The fourth-order valence-corrected chi connectivity index (χ4v) is 4.01. The summed E-state index contributed by atoms with van der Waals surface area (Å²) < 4.78 is 18.0. The van der Waals surface area contributed by atoms with Crippen molar-refractivity contribution in [3.63, 3.8) is 0 Å². The lowest BCUT2D eigenvalue weighted by Gasteiger charge is -2.30. The summed E-state index contributed by atoms with van der Waals surface area (Å²) in [5.74, 6) is 0. The van der Waals surface area contributed by atoms with Crippen molar-refractivity contribution in [3.05, 3.63) is 0 Å². The van der Waals surface area contributed by atoms with Gasteiger partial charge < -0.3 is 14.2 Å². The van der Waals surface area contributed by atoms with Gasteiger partial charge in [0.1, 0.15) is 0 Å². The van der Waals surface area contributed by atoms with Crippen LogP contribution in [0.2, 0.25) is 0 Å². The molecule has 29 heavy (non-hydrogen) atoms. The van der Waals surface area contributed by atoms with Crippen LogP contribution in [0, 0.1) is 0 Å². The van der Waals surface area contributed by atoms with E-state index in [0.29, 0.717) is 0 Å². The molecule has 0 aromatic carbocycles. The normalized spacial score (nSPS) is 28.8. The van der Waals surface area contributed by atoms with Crippen LogP contribution in [0.3, 0.4) is 0 Å². The maximum Gasteiger partial charge on any atom is 0.0594 e. The Labute approximate surface area is 179 Å². The highest BCUT2D eigenvalue weighted by Gasteiger charge is 2.13. The van der Waals surface area contributed by atoms with Crippen LogP contribution in [0.15, 0.2) is 0 Å². The minimum atomic E-state index is 0.812. The Kier molecular flexibility index (Phi) is 14.1. The minimum absolute atomic E-state index is 0.812. The van der Waals surface area contributed by atoms with Gasteiger partial charge in [0.15, 0.2) is 0 Å². The average Bonchev–Trinajstić information content (AvgIpc) is 2.71. The van der Waals surface area contributed by atoms with Crippen LogP contribution in [-0.2, 0) is 14.2 Å². The van der Waals surface area contributed by atoms with Gasteiger partial charge >= 0.3 is 0 Å². The molecule has 2 bridgehead atoms. The highest BCUT2D eigenvalue weighted by atomic mass is 16.5. The van der Waals surface area contributed by atoms with Gasteiger partial charge in [0.05, 0.1) is 39.6 Å². The van der Waals surface area contributed by atoms with Gasteiger partial charge in [-0.15, -0.1) is 0 Å². The second kappa shape index (κ2) is 16.4. The molecule has 0 amide bonds. The summed E-state index contributed by atoms with van der Waals surface area (Å²) in [5, 5.41) is 0. The van der Waals surface area contributed by atoms with Crippen LogP contribution in [0.1, 0.15) is 26.7 Å².